The molecule has 0 bridgehead atoms. The lowest BCUT2D eigenvalue weighted by molar-refractivity contribution is 0.121. The van der Waals surface area contributed by atoms with Gasteiger partial charge in [0.15, 0.2) is 0 Å². The predicted molar refractivity (Wildman–Crippen MR) is 130 cm³/mol. The molecule has 0 radical (unpaired) electrons. The van der Waals surface area contributed by atoms with Gasteiger partial charge in [-0.1, -0.05) is 18.2 Å². The number of rotatable bonds is 12. The van der Waals surface area contributed by atoms with E-state index >= 15 is 0 Å². The van der Waals surface area contributed by atoms with E-state index in [4.69, 9.17) is 42.8 Å². The molecule has 180 valence electrons. The molecule has 0 saturated carbocycles. The minimum Gasteiger partial charge on any atom is -0.494 e. The minimum atomic E-state index is -2.67. The maximum absolute atomic E-state index is 5.66. The second kappa shape index (κ2) is 14.2. The van der Waals surface area contributed by atoms with Gasteiger partial charge in [-0.05, 0) is 30.7 Å². The largest absolute Gasteiger partial charge is 0.536 e. The van der Waals surface area contributed by atoms with Crippen molar-refractivity contribution in [2.75, 3.05) is 60.7 Å². The van der Waals surface area contributed by atoms with Crippen LogP contribution in [0, 0.1) is 0 Å². The lowest BCUT2D eigenvalue weighted by Crippen LogP contribution is -2.54. The van der Waals surface area contributed by atoms with Crippen LogP contribution < -0.4 is 21.4 Å². The lowest BCUT2D eigenvalue weighted by atomic mass is 10.3. The molecule has 11 heteroatoms. The van der Waals surface area contributed by atoms with E-state index in [0.717, 1.165) is 23.4 Å². The van der Waals surface area contributed by atoms with Crippen molar-refractivity contribution in [1.82, 2.24) is 0 Å². The van der Waals surface area contributed by atoms with Crippen LogP contribution in [0.25, 0.3) is 0 Å². The van der Waals surface area contributed by atoms with Crippen LogP contribution in [0.5, 0.6) is 5.75 Å². The molecule has 0 fully saturated rings. The van der Waals surface area contributed by atoms with Crippen molar-refractivity contribution in [1.29, 1.82) is 0 Å². The number of hydrogen-bond acceptors (Lipinski definition) is 9. The summed E-state index contributed by atoms with van der Waals surface area (Å²) in [7, 11) is 4.42. The first-order valence-corrected chi connectivity index (χ1v) is 13.6. The first kappa shape index (κ1) is 28.1. The third-order valence-electron chi connectivity index (χ3n) is 4.76. The molecule has 2 aromatic rings. The smallest absolute Gasteiger partial charge is 0.494 e. The van der Waals surface area contributed by atoms with Gasteiger partial charge in [-0.15, -0.1) is 0 Å². The fraction of sp³-hybridized carbons (Fsp3) is 0.429. The normalized spacial score (nSPS) is 11.6. The monoisotopic (exact) mass is 484 g/mol. The number of benzene rings is 2. The van der Waals surface area contributed by atoms with Crippen molar-refractivity contribution in [3.05, 3.63) is 48.5 Å². The fourth-order valence-corrected chi connectivity index (χ4v) is 6.40. The van der Waals surface area contributed by atoms with Gasteiger partial charge in [0.25, 0.3) is 0 Å². The molecule has 0 unspecified atom stereocenters. The third kappa shape index (κ3) is 8.18. The Balaban J connectivity index is 0.000000330. The Hall–Kier alpha value is -1.97. The second-order valence-electron chi connectivity index (χ2n) is 6.61. The Morgan fingerprint density at radius 3 is 1.72 bits per heavy atom. The zero-order chi connectivity index (χ0) is 24.0. The fourth-order valence-electron chi connectivity index (χ4n) is 2.93. The van der Waals surface area contributed by atoms with Gasteiger partial charge in [0.2, 0.25) is 0 Å². The predicted octanol–water partition coefficient (Wildman–Crippen LogP) is 2.27. The van der Waals surface area contributed by atoms with Crippen molar-refractivity contribution >= 4 is 34.2 Å². The molecule has 0 heterocycles. The number of ether oxygens (including phenoxy) is 1. The van der Waals surface area contributed by atoms with E-state index < -0.39 is 17.6 Å². The maximum atomic E-state index is 5.66. The van der Waals surface area contributed by atoms with Crippen molar-refractivity contribution < 1.29 is 31.3 Å². The van der Waals surface area contributed by atoms with Crippen LogP contribution in [0.2, 0.25) is 6.04 Å². The quantitative estimate of drug-likeness (QED) is 0.266. The van der Waals surface area contributed by atoms with E-state index in [2.05, 4.69) is 0 Å². The molecule has 0 aliphatic rings. The van der Waals surface area contributed by atoms with Gasteiger partial charge >= 0.3 is 17.6 Å². The highest BCUT2D eigenvalue weighted by atomic mass is 28.4. The standard InChI is InChI=1S/C12H21NO4Si.C9H15NO3Si/c1-14-18(15-2,16-3)9-5-8-17-12-7-4-6-11(13)10-12;1-11-14(12-2,13-3)9-6-4-8(10)5-7-9/h4,6-7,10H,5,8-9,13H2,1-3H3;4-7H,10H2,1-3H3. The zero-order valence-corrected chi connectivity index (χ0v) is 21.8. The molecular weight excluding hydrogens is 448 g/mol. The summed E-state index contributed by atoms with van der Waals surface area (Å²) in [6, 6.07) is 15.4. The molecule has 4 N–H and O–H groups in total. The van der Waals surface area contributed by atoms with Gasteiger partial charge in [-0.2, -0.15) is 0 Å². The summed E-state index contributed by atoms with van der Waals surface area (Å²) in [6.07, 6.45) is 0.802. The second-order valence-corrected chi connectivity index (χ2v) is 12.6. The summed E-state index contributed by atoms with van der Waals surface area (Å²) in [5.74, 6) is 0.773. The Labute approximate surface area is 193 Å². The molecule has 32 heavy (non-hydrogen) atoms. The van der Waals surface area contributed by atoms with Crippen molar-refractivity contribution in [3.63, 3.8) is 0 Å². The Morgan fingerprint density at radius 1 is 0.688 bits per heavy atom. The van der Waals surface area contributed by atoms with Gasteiger partial charge in [-0.3, -0.25) is 0 Å². The SMILES string of the molecule is CO[Si](CCCOc1cccc(N)c1)(OC)OC.CO[Si](OC)(OC)c1ccc(N)cc1. The molecular formula is C21H36N2O7Si2. The molecule has 0 amide bonds. The topological polar surface area (TPSA) is 117 Å². The number of nitrogen functional groups attached to an aromatic ring is 2. The van der Waals surface area contributed by atoms with Crippen molar-refractivity contribution in [2.24, 2.45) is 0 Å². The molecule has 0 aliphatic carbocycles. The van der Waals surface area contributed by atoms with Crippen molar-refractivity contribution in [2.45, 2.75) is 12.5 Å². The first-order chi connectivity index (χ1) is 15.3. The number of anilines is 2. The lowest BCUT2D eigenvalue weighted by Gasteiger charge is -2.24. The van der Waals surface area contributed by atoms with E-state index in [9.17, 15) is 0 Å². The van der Waals surface area contributed by atoms with Crippen LogP contribution in [0.4, 0.5) is 11.4 Å². The zero-order valence-electron chi connectivity index (χ0n) is 19.8. The molecule has 0 aromatic heterocycles. The average molecular weight is 485 g/mol. The van der Waals surface area contributed by atoms with E-state index in [1.54, 1.807) is 60.9 Å². The molecule has 0 atom stereocenters. The molecule has 0 saturated heterocycles. The molecule has 0 spiro atoms. The molecule has 2 rings (SSSR count). The summed E-state index contributed by atoms with van der Waals surface area (Å²) < 4.78 is 37.5. The summed E-state index contributed by atoms with van der Waals surface area (Å²) in [5.41, 5.74) is 12.7. The van der Waals surface area contributed by atoms with Gasteiger partial charge in [0, 0.05) is 71.3 Å². The van der Waals surface area contributed by atoms with Crippen LogP contribution in [0.15, 0.2) is 48.5 Å². The van der Waals surface area contributed by atoms with E-state index in [1.807, 2.05) is 30.3 Å². The van der Waals surface area contributed by atoms with Crippen molar-refractivity contribution in [3.8, 4) is 5.75 Å². The third-order valence-corrected chi connectivity index (χ3v) is 10.2. The highest BCUT2D eigenvalue weighted by Crippen LogP contribution is 2.18. The van der Waals surface area contributed by atoms with Gasteiger partial charge in [-0.25, -0.2) is 0 Å². The van der Waals surface area contributed by atoms with Crippen LogP contribution in [-0.4, -0.2) is 66.9 Å². The number of hydrogen-bond donors (Lipinski definition) is 2. The van der Waals surface area contributed by atoms with E-state index in [-0.39, 0.29) is 0 Å². The van der Waals surface area contributed by atoms with Gasteiger partial charge in [0.1, 0.15) is 5.75 Å². The average Bonchev–Trinajstić information content (AvgIpc) is 2.83. The van der Waals surface area contributed by atoms with Crippen LogP contribution >= 0.6 is 0 Å². The molecule has 9 nitrogen and oxygen atoms in total. The summed E-state index contributed by atoms with van der Waals surface area (Å²) in [6.45, 7) is 0.578. The molecule has 0 aliphatic heterocycles. The molecule has 2 aromatic carbocycles. The number of nitrogens with two attached hydrogens (primary N) is 2. The summed E-state index contributed by atoms with van der Waals surface area (Å²) >= 11 is 0. The van der Waals surface area contributed by atoms with Crippen LogP contribution in [0.1, 0.15) is 6.42 Å². The maximum Gasteiger partial charge on any atom is 0.536 e. The van der Waals surface area contributed by atoms with Gasteiger partial charge in [0.05, 0.1) is 6.61 Å². The Bertz CT molecular complexity index is 756. The first-order valence-electron chi connectivity index (χ1n) is 9.99. The van der Waals surface area contributed by atoms with Crippen LogP contribution in [-0.2, 0) is 26.6 Å². The van der Waals surface area contributed by atoms with E-state index in [0.29, 0.717) is 18.0 Å². The summed E-state index contributed by atoms with van der Waals surface area (Å²) in [5, 5.41) is 0.902. The summed E-state index contributed by atoms with van der Waals surface area (Å²) in [4.78, 5) is 0. The Morgan fingerprint density at radius 2 is 1.25 bits per heavy atom. The van der Waals surface area contributed by atoms with E-state index in [1.165, 1.54) is 0 Å². The Kier molecular flexibility index (Phi) is 12.5. The van der Waals surface area contributed by atoms with Gasteiger partial charge < -0.3 is 42.8 Å². The highest BCUT2D eigenvalue weighted by Gasteiger charge is 2.40. The highest BCUT2D eigenvalue weighted by molar-refractivity contribution is 6.75. The minimum absolute atomic E-state index is 0.578. The van der Waals surface area contributed by atoms with Crippen LogP contribution in [0.3, 0.4) is 0 Å².